The van der Waals surface area contributed by atoms with Crippen molar-refractivity contribution < 1.29 is 0 Å². The number of fused-ring (bicyclic) bond motifs is 1. The van der Waals surface area contributed by atoms with Gasteiger partial charge in [0.05, 0.1) is 32.3 Å². The van der Waals surface area contributed by atoms with Gasteiger partial charge in [0, 0.05) is 0 Å². The summed E-state index contributed by atoms with van der Waals surface area (Å²) in [6.07, 6.45) is 1.59. The van der Waals surface area contributed by atoms with E-state index in [2.05, 4.69) is 30.9 Å². The Bertz CT molecular complexity index is 817. The van der Waals surface area contributed by atoms with Gasteiger partial charge in [0.15, 0.2) is 5.65 Å². The Morgan fingerprint density at radius 3 is 2.57 bits per heavy atom. The van der Waals surface area contributed by atoms with Gasteiger partial charge in [0.25, 0.3) is 0 Å². The van der Waals surface area contributed by atoms with Crippen molar-refractivity contribution in [2.45, 2.75) is 0 Å². The van der Waals surface area contributed by atoms with E-state index in [1.807, 2.05) is 0 Å². The van der Waals surface area contributed by atoms with E-state index in [1.165, 1.54) is 0 Å². The molecule has 2 aromatic heterocycles. The monoisotopic (exact) mass is 343 g/mol. The van der Waals surface area contributed by atoms with Gasteiger partial charge in [-0.05, 0) is 12.1 Å². The van der Waals surface area contributed by atoms with Crippen LogP contribution in [0.15, 0.2) is 18.3 Å². The Kier molecular flexibility index (Phi) is 3.73. The number of hydrogen-bond acceptors (Lipinski definition) is 6. The minimum absolute atomic E-state index is 0.227. The van der Waals surface area contributed by atoms with E-state index in [0.29, 0.717) is 37.6 Å². The highest BCUT2D eigenvalue weighted by Gasteiger charge is 2.12. The van der Waals surface area contributed by atoms with Crippen LogP contribution in [-0.2, 0) is 0 Å². The first-order valence-corrected chi connectivity index (χ1v) is 6.81. The van der Waals surface area contributed by atoms with Crippen LogP contribution in [0.25, 0.3) is 11.0 Å². The molecular formula is C11H8Cl3N7. The zero-order chi connectivity index (χ0) is 15.0. The van der Waals surface area contributed by atoms with Crippen molar-refractivity contribution in [2.24, 2.45) is 5.84 Å². The number of nitrogens with zero attached hydrogens (tertiary/aromatic N) is 3. The lowest BCUT2D eigenvalue weighted by Crippen LogP contribution is -2.11. The van der Waals surface area contributed by atoms with E-state index in [4.69, 9.17) is 40.6 Å². The average molecular weight is 345 g/mol. The molecule has 0 aliphatic carbocycles. The van der Waals surface area contributed by atoms with Crippen LogP contribution < -0.4 is 16.6 Å². The fourth-order valence-corrected chi connectivity index (χ4v) is 2.33. The summed E-state index contributed by atoms with van der Waals surface area (Å²) in [6, 6.07) is 3.15. The normalized spacial score (nSPS) is 10.9. The number of nitrogen functional groups attached to an aromatic ring is 1. The van der Waals surface area contributed by atoms with Gasteiger partial charge in [-0.25, -0.2) is 5.84 Å². The first-order chi connectivity index (χ1) is 10.1. The zero-order valence-electron chi connectivity index (χ0n) is 10.3. The van der Waals surface area contributed by atoms with E-state index >= 15 is 0 Å². The SMILES string of the molecule is NNc1nc(Nc2cc(Cl)c(Cl)cc2Cl)c2cn[nH]c2n1. The Balaban J connectivity index is 2.09. The number of hydrazine groups is 1. The second-order valence-corrected chi connectivity index (χ2v) is 5.27. The number of aromatic nitrogens is 4. The van der Waals surface area contributed by atoms with E-state index in [0.717, 1.165) is 0 Å². The van der Waals surface area contributed by atoms with Crippen molar-refractivity contribution in [1.29, 1.82) is 0 Å². The number of nitrogens with one attached hydrogen (secondary N) is 3. The molecule has 10 heteroatoms. The summed E-state index contributed by atoms with van der Waals surface area (Å²) >= 11 is 18.0. The Morgan fingerprint density at radius 2 is 1.81 bits per heavy atom. The minimum Gasteiger partial charge on any atom is -0.338 e. The molecule has 0 aliphatic rings. The van der Waals surface area contributed by atoms with Gasteiger partial charge in [-0.3, -0.25) is 10.5 Å². The molecule has 108 valence electrons. The lowest BCUT2D eigenvalue weighted by Gasteiger charge is -2.10. The first-order valence-electron chi connectivity index (χ1n) is 5.68. The third-order valence-electron chi connectivity index (χ3n) is 2.70. The molecule has 0 fully saturated rings. The van der Waals surface area contributed by atoms with E-state index in [-0.39, 0.29) is 5.95 Å². The molecule has 3 rings (SSSR count). The molecule has 0 radical (unpaired) electrons. The van der Waals surface area contributed by atoms with Crippen LogP contribution >= 0.6 is 34.8 Å². The average Bonchev–Trinajstić information content (AvgIpc) is 2.93. The highest BCUT2D eigenvalue weighted by Crippen LogP contribution is 2.34. The van der Waals surface area contributed by atoms with Crippen LogP contribution in [0.3, 0.4) is 0 Å². The third-order valence-corrected chi connectivity index (χ3v) is 3.74. The smallest absolute Gasteiger partial charge is 0.241 e. The molecule has 3 aromatic rings. The summed E-state index contributed by atoms with van der Waals surface area (Å²) in [4.78, 5) is 8.35. The van der Waals surface area contributed by atoms with Crippen LogP contribution in [-0.4, -0.2) is 20.2 Å². The maximum atomic E-state index is 6.14. The molecule has 0 atom stereocenters. The maximum Gasteiger partial charge on any atom is 0.241 e. The van der Waals surface area contributed by atoms with Crippen LogP contribution in [0.1, 0.15) is 0 Å². The van der Waals surface area contributed by atoms with Crippen molar-refractivity contribution in [3.8, 4) is 0 Å². The molecular weight excluding hydrogens is 337 g/mol. The quantitative estimate of drug-likeness (QED) is 0.330. The fourth-order valence-electron chi connectivity index (χ4n) is 1.74. The first kappa shape index (κ1) is 14.2. The summed E-state index contributed by atoms with van der Waals surface area (Å²) in [5.41, 5.74) is 3.46. The Morgan fingerprint density at radius 1 is 1.05 bits per heavy atom. The summed E-state index contributed by atoms with van der Waals surface area (Å²) in [5, 5.41) is 11.5. The fraction of sp³-hybridized carbons (Fsp3) is 0. The van der Waals surface area contributed by atoms with Crippen LogP contribution in [0.4, 0.5) is 17.5 Å². The lowest BCUT2D eigenvalue weighted by atomic mass is 10.3. The highest BCUT2D eigenvalue weighted by atomic mass is 35.5. The van der Waals surface area contributed by atoms with Gasteiger partial charge in [0.2, 0.25) is 5.95 Å². The summed E-state index contributed by atoms with van der Waals surface area (Å²) in [7, 11) is 0. The lowest BCUT2D eigenvalue weighted by molar-refractivity contribution is 1.08. The standard InChI is InChI=1S/C11H8Cl3N7/c12-5-1-7(14)8(2-6(5)13)17-9-4-3-16-21-10(4)19-11(18-9)20-15/h1-3H,15H2,(H3,16,17,18,19,20,21). The van der Waals surface area contributed by atoms with Crippen molar-refractivity contribution in [3.05, 3.63) is 33.4 Å². The topological polar surface area (TPSA) is 105 Å². The van der Waals surface area contributed by atoms with Gasteiger partial charge < -0.3 is 5.32 Å². The highest BCUT2D eigenvalue weighted by molar-refractivity contribution is 6.44. The summed E-state index contributed by atoms with van der Waals surface area (Å²) in [6.45, 7) is 0. The zero-order valence-corrected chi connectivity index (χ0v) is 12.6. The molecule has 21 heavy (non-hydrogen) atoms. The third kappa shape index (κ3) is 2.68. The molecule has 0 bridgehead atoms. The van der Waals surface area contributed by atoms with Gasteiger partial charge in [-0.2, -0.15) is 15.1 Å². The van der Waals surface area contributed by atoms with E-state index < -0.39 is 0 Å². The van der Waals surface area contributed by atoms with Gasteiger partial charge in [0.1, 0.15) is 5.82 Å². The predicted octanol–water partition coefficient (Wildman–Crippen LogP) is 3.34. The maximum absolute atomic E-state index is 6.14. The summed E-state index contributed by atoms with van der Waals surface area (Å²) < 4.78 is 0. The predicted molar refractivity (Wildman–Crippen MR) is 84.2 cm³/mol. The molecule has 7 nitrogen and oxygen atoms in total. The molecule has 0 unspecified atom stereocenters. The molecule has 5 N–H and O–H groups in total. The van der Waals surface area contributed by atoms with Gasteiger partial charge >= 0.3 is 0 Å². The number of rotatable bonds is 3. The molecule has 1 aromatic carbocycles. The molecule has 2 heterocycles. The number of halogens is 3. The van der Waals surface area contributed by atoms with Crippen molar-refractivity contribution in [1.82, 2.24) is 20.2 Å². The largest absolute Gasteiger partial charge is 0.338 e. The molecule has 0 spiro atoms. The second-order valence-electron chi connectivity index (χ2n) is 4.04. The molecule has 0 saturated heterocycles. The summed E-state index contributed by atoms with van der Waals surface area (Å²) in [5.74, 6) is 6.05. The van der Waals surface area contributed by atoms with Gasteiger partial charge in [-0.1, -0.05) is 34.8 Å². The molecule has 0 aliphatic heterocycles. The number of H-pyrrole nitrogens is 1. The second kappa shape index (κ2) is 5.53. The minimum atomic E-state index is 0.227. The molecule has 0 saturated carbocycles. The Hall–Kier alpha value is -1.80. The van der Waals surface area contributed by atoms with Crippen LogP contribution in [0.2, 0.25) is 15.1 Å². The Labute approximate surface area is 133 Å². The number of benzene rings is 1. The van der Waals surface area contributed by atoms with Crippen LogP contribution in [0, 0.1) is 0 Å². The number of anilines is 3. The van der Waals surface area contributed by atoms with E-state index in [1.54, 1.807) is 18.3 Å². The number of hydrogen-bond donors (Lipinski definition) is 4. The van der Waals surface area contributed by atoms with Crippen molar-refractivity contribution in [2.75, 3.05) is 10.7 Å². The molecule has 0 amide bonds. The van der Waals surface area contributed by atoms with Crippen molar-refractivity contribution >= 4 is 63.3 Å². The number of aromatic amines is 1. The van der Waals surface area contributed by atoms with Crippen molar-refractivity contribution in [3.63, 3.8) is 0 Å². The van der Waals surface area contributed by atoms with E-state index in [9.17, 15) is 0 Å². The van der Waals surface area contributed by atoms with Gasteiger partial charge in [-0.15, -0.1) is 0 Å². The number of nitrogens with two attached hydrogens (primary N) is 1. The van der Waals surface area contributed by atoms with Crippen LogP contribution in [0.5, 0.6) is 0 Å².